The Morgan fingerprint density at radius 3 is 2.74 bits per heavy atom. The number of esters is 1. The van der Waals surface area contributed by atoms with Crippen LogP contribution in [0.2, 0.25) is 25.7 Å². The summed E-state index contributed by atoms with van der Waals surface area (Å²) in [5.74, 6) is 1.16. The first-order valence-corrected chi connectivity index (χ1v) is 11.3. The highest BCUT2D eigenvalue weighted by atomic mass is 28.3. The largest absolute Gasteiger partial charge is 0.465 e. The molecular formula is C15H24O3Si. The van der Waals surface area contributed by atoms with E-state index in [-0.39, 0.29) is 11.9 Å². The summed E-state index contributed by atoms with van der Waals surface area (Å²) in [7, 11) is -1.20. The molecule has 19 heavy (non-hydrogen) atoms. The van der Waals surface area contributed by atoms with Gasteiger partial charge in [-0.2, -0.15) is 0 Å². The smallest absolute Gasteiger partial charge is 0.313 e. The Morgan fingerprint density at radius 2 is 2.05 bits per heavy atom. The van der Waals surface area contributed by atoms with E-state index in [4.69, 9.17) is 4.74 Å². The molecule has 1 aliphatic heterocycles. The Kier molecular flexibility index (Phi) is 2.93. The number of Topliss-reactive ketones (excluding diaryl/α,β-unsaturated/α-hetero) is 1. The lowest BCUT2D eigenvalue weighted by Gasteiger charge is -2.63. The molecule has 4 atom stereocenters. The zero-order valence-corrected chi connectivity index (χ0v) is 13.2. The van der Waals surface area contributed by atoms with Gasteiger partial charge in [-0.25, -0.2) is 0 Å². The summed E-state index contributed by atoms with van der Waals surface area (Å²) in [6, 6.07) is 1.18. The number of carbonyl (C=O) groups excluding carboxylic acids is 2. The van der Waals surface area contributed by atoms with Crippen LogP contribution in [0.3, 0.4) is 0 Å². The predicted molar refractivity (Wildman–Crippen MR) is 75.5 cm³/mol. The second kappa shape index (κ2) is 4.17. The zero-order chi connectivity index (χ0) is 13.8. The summed E-state index contributed by atoms with van der Waals surface area (Å²) in [5, 5.41) is 0. The van der Waals surface area contributed by atoms with Crippen molar-refractivity contribution < 1.29 is 14.3 Å². The monoisotopic (exact) mass is 280 g/mol. The Labute approximate surface area is 116 Å². The van der Waals surface area contributed by atoms with E-state index in [1.165, 1.54) is 6.04 Å². The van der Waals surface area contributed by atoms with Crippen molar-refractivity contribution in [2.45, 2.75) is 51.4 Å². The fourth-order valence-electron chi connectivity index (χ4n) is 4.92. The number of ketones is 1. The van der Waals surface area contributed by atoms with E-state index in [9.17, 15) is 9.59 Å². The van der Waals surface area contributed by atoms with Gasteiger partial charge in [-0.1, -0.05) is 25.7 Å². The number of cyclic esters (lactones) is 1. The van der Waals surface area contributed by atoms with E-state index >= 15 is 0 Å². The van der Waals surface area contributed by atoms with Crippen LogP contribution in [0.15, 0.2) is 0 Å². The van der Waals surface area contributed by atoms with Crippen molar-refractivity contribution in [3.8, 4) is 0 Å². The molecule has 0 N–H and O–H groups in total. The van der Waals surface area contributed by atoms with E-state index in [0.29, 0.717) is 30.6 Å². The fraction of sp³-hybridized carbons (Fsp3) is 0.867. The first-order chi connectivity index (χ1) is 8.86. The SMILES string of the molecule is C[Si](C)(C)C[C@@H]1[C@H]2CCOC(=O)[C@]23CCCC(=O)[C@H]13. The average Bonchev–Trinajstić information content (AvgIpc) is 2.28. The van der Waals surface area contributed by atoms with Gasteiger partial charge in [0.15, 0.2) is 0 Å². The molecule has 1 spiro atoms. The van der Waals surface area contributed by atoms with E-state index in [0.717, 1.165) is 19.3 Å². The lowest BCUT2D eigenvalue weighted by Crippen LogP contribution is -2.68. The molecule has 1 heterocycles. The van der Waals surface area contributed by atoms with Gasteiger partial charge in [0, 0.05) is 20.4 Å². The third-order valence-corrected chi connectivity index (χ3v) is 7.11. The van der Waals surface area contributed by atoms with Gasteiger partial charge >= 0.3 is 5.97 Å². The van der Waals surface area contributed by atoms with Crippen molar-refractivity contribution in [1.29, 1.82) is 0 Å². The summed E-state index contributed by atoms with van der Waals surface area (Å²) >= 11 is 0. The Bertz CT molecular complexity index is 426. The van der Waals surface area contributed by atoms with Gasteiger partial charge in [-0.15, -0.1) is 0 Å². The molecule has 3 fully saturated rings. The van der Waals surface area contributed by atoms with E-state index in [1.54, 1.807) is 0 Å². The topological polar surface area (TPSA) is 43.4 Å². The zero-order valence-electron chi connectivity index (χ0n) is 12.2. The molecule has 3 nitrogen and oxygen atoms in total. The Balaban J connectivity index is 1.92. The van der Waals surface area contributed by atoms with Gasteiger partial charge in [-0.05, 0) is 31.1 Å². The normalized spacial score (nSPS) is 41.9. The van der Waals surface area contributed by atoms with Crippen molar-refractivity contribution in [3.05, 3.63) is 0 Å². The van der Waals surface area contributed by atoms with Crippen molar-refractivity contribution in [1.82, 2.24) is 0 Å². The molecule has 4 heteroatoms. The molecule has 106 valence electrons. The standard InChI is InChI=1S/C15H24O3Si/c1-19(2,3)9-10-11-6-8-18-14(17)15(11)7-4-5-12(16)13(10)15/h10-11,13H,4-9H2,1-3H3/t10-,11-,13+,15-/m1/s1. The molecular weight excluding hydrogens is 256 g/mol. The number of ether oxygens (including phenoxy) is 1. The number of hydrogen-bond donors (Lipinski definition) is 0. The summed E-state index contributed by atoms with van der Waals surface area (Å²) in [5.41, 5.74) is -0.405. The van der Waals surface area contributed by atoms with Crippen LogP contribution in [-0.4, -0.2) is 26.4 Å². The van der Waals surface area contributed by atoms with E-state index < -0.39 is 13.5 Å². The molecule has 1 saturated heterocycles. The first kappa shape index (κ1) is 13.3. The first-order valence-electron chi connectivity index (χ1n) is 7.56. The quantitative estimate of drug-likeness (QED) is 0.577. The molecule has 0 aromatic carbocycles. The van der Waals surface area contributed by atoms with Crippen molar-refractivity contribution >= 4 is 19.8 Å². The maximum absolute atomic E-state index is 12.4. The minimum absolute atomic E-state index is 0.00854. The van der Waals surface area contributed by atoms with Crippen LogP contribution in [-0.2, 0) is 14.3 Å². The van der Waals surface area contributed by atoms with Crippen LogP contribution in [0.5, 0.6) is 0 Å². The fourth-order valence-corrected chi connectivity index (χ4v) is 6.85. The van der Waals surface area contributed by atoms with Crippen molar-refractivity contribution in [2.24, 2.45) is 23.2 Å². The molecule has 2 saturated carbocycles. The molecule has 0 aromatic heterocycles. The summed E-state index contributed by atoms with van der Waals surface area (Å²) in [4.78, 5) is 24.7. The van der Waals surface area contributed by atoms with E-state index in [2.05, 4.69) is 19.6 Å². The van der Waals surface area contributed by atoms with Gasteiger partial charge in [0.05, 0.1) is 12.0 Å². The number of carbonyl (C=O) groups is 2. The van der Waals surface area contributed by atoms with Gasteiger partial charge in [0.25, 0.3) is 0 Å². The molecule has 0 bridgehead atoms. The number of hydrogen-bond acceptors (Lipinski definition) is 3. The number of rotatable bonds is 2. The molecule has 0 aromatic rings. The molecule has 0 amide bonds. The van der Waals surface area contributed by atoms with Crippen LogP contribution in [0, 0.1) is 23.2 Å². The minimum atomic E-state index is -1.20. The molecule has 0 radical (unpaired) electrons. The molecule has 3 rings (SSSR count). The predicted octanol–water partition coefficient (Wildman–Crippen LogP) is 2.87. The maximum atomic E-state index is 12.4. The molecule has 3 aliphatic rings. The van der Waals surface area contributed by atoms with E-state index in [1.807, 2.05) is 0 Å². The van der Waals surface area contributed by atoms with Crippen LogP contribution in [0.4, 0.5) is 0 Å². The van der Waals surface area contributed by atoms with Crippen LogP contribution >= 0.6 is 0 Å². The Hall–Kier alpha value is -0.643. The van der Waals surface area contributed by atoms with Gasteiger partial charge in [0.1, 0.15) is 5.78 Å². The molecule has 2 aliphatic carbocycles. The second-order valence-corrected chi connectivity index (χ2v) is 13.3. The summed E-state index contributed by atoms with van der Waals surface area (Å²) in [6.07, 6.45) is 3.41. The third kappa shape index (κ3) is 1.83. The van der Waals surface area contributed by atoms with Gasteiger partial charge in [0.2, 0.25) is 0 Å². The average molecular weight is 280 g/mol. The minimum Gasteiger partial charge on any atom is -0.465 e. The van der Waals surface area contributed by atoms with Crippen molar-refractivity contribution in [2.75, 3.05) is 6.61 Å². The van der Waals surface area contributed by atoms with Crippen LogP contribution in [0.1, 0.15) is 25.7 Å². The second-order valence-electron chi connectivity index (χ2n) is 7.80. The summed E-state index contributed by atoms with van der Waals surface area (Å²) in [6.45, 7) is 7.65. The lowest BCUT2D eigenvalue weighted by molar-refractivity contribution is -0.216. The highest BCUT2D eigenvalue weighted by Crippen LogP contribution is 2.66. The van der Waals surface area contributed by atoms with Gasteiger partial charge < -0.3 is 4.74 Å². The summed E-state index contributed by atoms with van der Waals surface area (Å²) < 4.78 is 5.32. The highest BCUT2D eigenvalue weighted by molar-refractivity contribution is 6.76. The maximum Gasteiger partial charge on any atom is 0.313 e. The van der Waals surface area contributed by atoms with Gasteiger partial charge in [-0.3, -0.25) is 9.59 Å². The van der Waals surface area contributed by atoms with Crippen LogP contribution in [0.25, 0.3) is 0 Å². The Morgan fingerprint density at radius 1 is 1.32 bits per heavy atom. The lowest BCUT2D eigenvalue weighted by atomic mass is 9.41. The third-order valence-electron chi connectivity index (χ3n) is 5.41. The molecule has 0 unspecified atom stereocenters. The highest BCUT2D eigenvalue weighted by Gasteiger charge is 2.70. The van der Waals surface area contributed by atoms with Crippen LogP contribution < -0.4 is 0 Å². The van der Waals surface area contributed by atoms with Crippen molar-refractivity contribution in [3.63, 3.8) is 0 Å².